The molecule has 1 fully saturated rings. The fraction of sp³-hybridized carbons (Fsp3) is 0.571. The summed E-state index contributed by atoms with van der Waals surface area (Å²) in [7, 11) is 0. The Bertz CT molecular complexity index is 480. The molecule has 1 aromatic carbocycles. The Kier molecular flexibility index (Phi) is 5.18. The molecule has 0 spiro atoms. The molecule has 2 atom stereocenters. The lowest BCUT2D eigenvalue weighted by molar-refractivity contribution is 0.0842. The number of hydrogen-bond donors (Lipinski definition) is 2. The van der Waals surface area contributed by atoms with Crippen molar-refractivity contribution in [3.05, 3.63) is 22.2 Å². The van der Waals surface area contributed by atoms with Crippen molar-refractivity contribution in [2.45, 2.75) is 37.8 Å². The molecule has 0 aromatic heterocycles. The molecule has 20 heavy (non-hydrogen) atoms. The molecular formula is C14H19BrClNO3. The Morgan fingerprint density at radius 2 is 1.80 bits per heavy atom. The predicted molar refractivity (Wildman–Crippen MR) is 82.4 cm³/mol. The SMILES string of the molecule is Cl.N[C@@H](c1cc2c(cc1Br)OCO2)[C@H](O)C1CCCC1. The van der Waals surface area contributed by atoms with E-state index in [2.05, 4.69) is 15.9 Å². The normalized spacial score (nSPS) is 20.6. The first-order chi connectivity index (χ1) is 9.16. The van der Waals surface area contributed by atoms with Gasteiger partial charge >= 0.3 is 0 Å². The highest BCUT2D eigenvalue weighted by Crippen LogP contribution is 2.41. The highest BCUT2D eigenvalue weighted by atomic mass is 79.9. The van der Waals surface area contributed by atoms with Gasteiger partial charge in [0.15, 0.2) is 11.5 Å². The van der Waals surface area contributed by atoms with Crippen LogP contribution in [-0.4, -0.2) is 18.0 Å². The average Bonchev–Trinajstić information content (AvgIpc) is 3.06. The maximum atomic E-state index is 10.4. The fourth-order valence-corrected chi connectivity index (χ4v) is 3.55. The van der Waals surface area contributed by atoms with Gasteiger partial charge in [0, 0.05) is 4.47 Å². The van der Waals surface area contributed by atoms with Gasteiger partial charge in [0.1, 0.15) is 0 Å². The molecule has 1 heterocycles. The maximum Gasteiger partial charge on any atom is 0.231 e. The van der Waals surface area contributed by atoms with Crippen LogP contribution in [0.2, 0.25) is 0 Å². The van der Waals surface area contributed by atoms with Crippen LogP contribution in [0.15, 0.2) is 16.6 Å². The summed E-state index contributed by atoms with van der Waals surface area (Å²) in [5, 5.41) is 10.4. The van der Waals surface area contributed by atoms with Crippen LogP contribution in [0.4, 0.5) is 0 Å². The summed E-state index contributed by atoms with van der Waals surface area (Å²) >= 11 is 3.50. The zero-order valence-corrected chi connectivity index (χ0v) is 13.5. The van der Waals surface area contributed by atoms with E-state index in [0.29, 0.717) is 11.7 Å². The second-order valence-electron chi connectivity index (χ2n) is 5.29. The van der Waals surface area contributed by atoms with E-state index >= 15 is 0 Å². The van der Waals surface area contributed by atoms with Crippen molar-refractivity contribution in [3.63, 3.8) is 0 Å². The molecule has 0 saturated heterocycles. The largest absolute Gasteiger partial charge is 0.454 e. The van der Waals surface area contributed by atoms with Crippen molar-refractivity contribution in [3.8, 4) is 11.5 Å². The van der Waals surface area contributed by atoms with E-state index in [4.69, 9.17) is 15.2 Å². The van der Waals surface area contributed by atoms with Crippen LogP contribution in [0.25, 0.3) is 0 Å². The molecule has 1 aromatic rings. The topological polar surface area (TPSA) is 64.7 Å². The molecule has 1 aliphatic heterocycles. The first-order valence-electron chi connectivity index (χ1n) is 6.69. The Morgan fingerprint density at radius 1 is 1.20 bits per heavy atom. The molecule has 1 saturated carbocycles. The van der Waals surface area contributed by atoms with Crippen LogP contribution >= 0.6 is 28.3 Å². The summed E-state index contributed by atoms with van der Waals surface area (Å²) in [5.41, 5.74) is 7.12. The third kappa shape index (κ3) is 2.91. The molecule has 2 aliphatic rings. The van der Waals surface area contributed by atoms with Gasteiger partial charge in [0.25, 0.3) is 0 Å². The molecule has 3 N–H and O–H groups in total. The number of hydrogen-bond acceptors (Lipinski definition) is 4. The number of aliphatic hydroxyl groups is 1. The van der Waals surface area contributed by atoms with E-state index in [1.165, 1.54) is 12.8 Å². The zero-order valence-electron chi connectivity index (χ0n) is 11.0. The highest BCUT2D eigenvalue weighted by molar-refractivity contribution is 9.10. The van der Waals surface area contributed by atoms with Crippen LogP contribution in [0, 0.1) is 5.92 Å². The molecule has 0 unspecified atom stereocenters. The molecule has 0 bridgehead atoms. The number of aliphatic hydroxyl groups excluding tert-OH is 1. The standard InChI is InChI=1S/C14H18BrNO3.ClH/c15-10-6-12-11(18-7-19-12)5-9(10)13(16)14(17)8-3-1-2-4-8;/h5-6,8,13-14,17H,1-4,7,16H2;1H/t13-,14+;/m0./s1. The van der Waals surface area contributed by atoms with E-state index in [1.54, 1.807) is 0 Å². The highest BCUT2D eigenvalue weighted by Gasteiger charge is 2.30. The van der Waals surface area contributed by atoms with Crippen LogP contribution < -0.4 is 15.2 Å². The van der Waals surface area contributed by atoms with Crippen molar-refractivity contribution < 1.29 is 14.6 Å². The van der Waals surface area contributed by atoms with Crippen molar-refractivity contribution in [2.75, 3.05) is 6.79 Å². The monoisotopic (exact) mass is 363 g/mol. The Hall–Kier alpha value is -0.490. The van der Waals surface area contributed by atoms with Crippen LogP contribution in [0.5, 0.6) is 11.5 Å². The fourth-order valence-electron chi connectivity index (χ4n) is 2.96. The third-order valence-corrected chi connectivity index (χ3v) is 4.79. The van der Waals surface area contributed by atoms with Gasteiger partial charge in [-0.2, -0.15) is 0 Å². The summed E-state index contributed by atoms with van der Waals surface area (Å²) in [6, 6.07) is 3.33. The lowest BCUT2D eigenvalue weighted by atomic mass is 9.91. The van der Waals surface area contributed by atoms with Gasteiger partial charge in [0.05, 0.1) is 12.1 Å². The van der Waals surface area contributed by atoms with Gasteiger partial charge < -0.3 is 20.3 Å². The van der Waals surface area contributed by atoms with Gasteiger partial charge in [0.2, 0.25) is 6.79 Å². The Labute approximate surface area is 133 Å². The summed E-state index contributed by atoms with van der Waals surface area (Å²) in [4.78, 5) is 0. The average molecular weight is 365 g/mol. The number of ether oxygens (including phenoxy) is 2. The molecule has 1 aliphatic carbocycles. The smallest absolute Gasteiger partial charge is 0.231 e. The quantitative estimate of drug-likeness (QED) is 0.865. The number of fused-ring (bicyclic) bond motifs is 1. The van der Waals surface area contributed by atoms with Gasteiger partial charge in [-0.05, 0) is 36.5 Å². The number of rotatable bonds is 3. The first-order valence-corrected chi connectivity index (χ1v) is 7.49. The van der Waals surface area contributed by atoms with E-state index in [1.807, 2.05) is 12.1 Å². The van der Waals surface area contributed by atoms with Gasteiger partial charge in [-0.25, -0.2) is 0 Å². The van der Waals surface area contributed by atoms with Crippen molar-refractivity contribution in [1.29, 1.82) is 0 Å². The van der Waals surface area contributed by atoms with Crippen LogP contribution in [0.3, 0.4) is 0 Å². The minimum Gasteiger partial charge on any atom is -0.454 e. The van der Waals surface area contributed by atoms with Crippen LogP contribution in [-0.2, 0) is 0 Å². The van der Waals surface area contributed by atoms with Crippen molar-refractivity contribution in [2.24, 2.45) is 11.7 Å². The Balaban J connectivity index is 0.00000147. The molecule has 6 heteroatoms. The number of halogens is 2. The molecule has 4 nitrogen and oxygen atoms in total. The van der Waals surface area contributed by atoms with E-state index in [-0.39, 0.29) is 19.2 Å². The molecule has 0 amide bonds. The van der Waals surface area contributed by atoms with Gasteiger partial charge in [-0.1, -0.05) is 28.8 Å². The summed E-state index contributed by atoms with van der Waals surface area (Å²) in [5.74, 6) is 1.73. The molecule has 112 valence electrons. The van der Waals surface area contributed by atoms with Crippen LogP contribution in [0.1, 0.15) is 37.3 Å². The molecule has 0 radical (unpaired) electrons. The lowest BCUT2D eigenvalue weighted by Gasteiger charge is -2.25. The Morgan fingerprint density at radius 3 is 2.45 bits per heavy atom. The maximum absolute atomic E-state index is 10.4. The number of nitrogens with two attached hydrogens (primary N) is 1. The predicted octanol–water partition coefficient (Wildman–Crippen LogP) is 3.15. The van der Waals surface area contributed by atoms with Crippen molar-refractivity contribution in [1.82, 2.24) is 0 Å². The van der Waals surface area contributed by atoms with Gasteiger partial charge in [-0.3, -0.25) is 0 Å². The van der Waals surface area contributed by atoms with Gasteiger partial charge in [-0.15, -0.1) is 12.4 Å². The van der Waals surface area contributed by atoms with E-state index in [9.17, 15) is 5.11 Å². The second kappa shape index (κ2) is 6.52. The third-order valence-electron chi connectivity index (χ3n) is 4.10. The molecule has 3 rings (SSSR count). The summed E-state index contributed by atoms with van der Waals surface area (Å²) < 4.78 is 11.6. The van der Waals surface area contributed by atoms with E-state index in [0.717, 1.165) is 28.6 Å². The van der Waals surface area contributed by atoms with E-state index < -0.39 is 12.1 Å². The summed E-state index contributed by atoms with van der Waals surface area (Å²) in [6.07, 6.45) is 4.01. The summed E-state index contributed by atoms with van der Waals surface area (Å²) in [6.45, 7) is 0.242. The minimum absolute atomic E-state index is 0. The second-order valence-corrected chi connectivity index (χ2v) is 6.14. The minimum atomic E-state index is -0.501. The first kappa shape index (κ1) is 15.9. The zero-order chi connectivity index (χ0) is 13.4. The molecular weight excluding hydrogens is 346 g/mol. The number of benzene rings is 1. The van der Waals surface area contributed by atoms with Crippen molar-refractivity contribution >= 4 is 28.3 Å². The lowest BCUT2D eigenvalue weighted by Crippen LogP contribution is -2.32.